The second-order valence-electron chi connectivity index (χ2n) is 6.70. The molecule has 3 heteroatoms. The number of hydrogen-bond donors (Lipinski definition) is 1. The lowest BCUT2D eigenvalue weighted by atomic mass is 9.85. The second kappa shape index (κ2) is 8.57. The molecule has 1 saturated carbocycles. The molecule has 3 nitrogen and oxygen atoms in total. The lowest BCUT2D eigenvalue weighted by molar-refractivity contribution is 0.148. The van der Waals surface area contributed by atoms with Crippen molar-refractivity contribution in [2.24, 2.45) is 5.92 Å². The molecular weight excluding hydrogens is 260 g/mol. The second-order valence-corrected chi connectivity index (χ2v) is 6.70. The summed E-state index contributed by atoms with van der Waals surface area (Å²) in [5.41, 5.74) is 1.04. The van der Waals surface area contributed by atoms with Gasteiger partial charge in [0.15, 0.2) is 0 Å². The first kappa shape index (κ1) is 16.5. The highest BCUT2D eigenvalue weighted by atomic mass is 16.3. The first-order valence-corrected chi connectivity index (χ1v) is 8.95. The molecule has 120 valence electrons. The van der Waals surface area contributed by atoms with Gasteiger partial charge >= 0.3 is 0 Å². The van der Waals surface area contributed by atoms with E-state index in [0.29, 0.717) is 12.5 Å². The molecule has 1 fully saturated rings. The SMILES string of the molecule is CCC(CC)n1ccc(CC(O)CCC2CCCCC2)n1. The number of aliphatic hydroxyl groups is 1. The van der Waals surface area contributed by atoms with Gasteiger partial charge in [-0.25, -0.2) is 0 Å². The largest absolute Gasteiger partial charge is 0.393 e. The van der Waals surface area contributed by atoms with Crippen molar-refractivity contribution in [3.63, 3.8) is 0 Å². The summed E-state index contributed by atoms with van der Waals surface area (Å²) in [6.07, 6.45) is 13.8. The number of nitrogens with zero attached hydrogens (tertiary/aromatic N) is 2. The van der Waals surface area contributed by atoms with Crippen LogP contribution in [0.15, 0.2) is 12.3 Å². The molecule has 0 radical (unpaired) electrons. The van der Waals surface area contributed by atoms with Crippen molar-refractivity contribution < 1.29 is 5.11 Å². The van der Waals surface area contributed by atoms with E-state index in [9.17, 15) is 5.11 Å². The van der Waals surface area contributed by atoms with Crippen LogP contribution in [-0.2, 0) is 6.42 Å². The van der Waals surface area contributed by atoms with Crippen LogP contribution in [0.4, 0.5) is 0 Å². The predicted octanol–water partition coefficient (Wildman–Crippen LogP) is 4.51. The quantitative estimate of drug-likeness (QED) is 0.765. The Hall–Kier alpha value is -0.830. The Morgan fingerprint density at radius 3 is 2.62 bits per heavy atom. The first-order valence-electron chi connectivity index (χ1n) is 8.95. The first-order chi connectivity index (χ1) is 10.2. The van der Waals surface area contributed by atoms with Crippen LogP contribution in [0, 0.1) is 5.92 Å². The monoisotopic (exact) mass is 292 g/mol. The minimum Gasteiger partial charge on any atom is -0.393 e. The van der Waals surface area contributed by atoms with E-state index in [4.69, 9.17) is 0 Å². The molecule has 1 unspecified atom stereocenters. The van der Waals surface area contributed by atoms with Crippen LogP contribution in [0.25, 0.3) is 0 Å². The molecule has 2 rings (SSSR count). The van der Waals surface area contributed by atoms with Crippen molar-refractivity contribution in [2.45, 2.75) is 90.2 Å². The van der Waals surface area contributed by atoms with E-state index in [1.807, 2.05) is 0 Å². The van der Waals surface area contributed by atoms with Gasteiger partial charge in [0.05, 0.1) is 17.8 Å². The van der Waals surface area contributed by atoms with Gasteiger partial charge in [-0.2, -0.15) is 5.10 Å². The van der Waals surface area contributed by atoms with E-state index in [1.165, 1.54) is 38.5 Å². The highest BCUT2D eigenvalue weighted by Crippen LogP contribution is 2.28. The van der Waals surface area contributed by atoms with Crippen LogP contribution in [-0.4, -0.2) is 21.0 Å². The van der Waals surface area contributed by atoms with E-state index < -0.39 is 0 Å². The summed E-state index contributed by atoms with van der Waals surface area (Å²) in [5, 5.41) is 14.9. The van der Waals surface area contributed by atoms with E-state index in [0.717, 1.165) is 30.9 Å². The standard InChI is InChI=1S/C18H32N2O/c1-3-17(4-2)20-13-12-16(19-20)14-18(21)11-10-15-8-6-5-7-9-15/h12-13,15,17-18,21H,3-11,14H2,1-2H3. The molecule has 0 spiro atoms. The van der Waals surface area contributed by atoms with Gasteiger partial charge in [0.1, 0.15) is 0 Å². The van der Waals surface area contributed by atoms with Crippen molar-refractivity contribution in [3.8, 4) is 0 Å². The van der Waals surface area contributed by atoms with Crippen molar-refractivity contribution in [1.29, 1.82) is 0 Å². The summed E-state index contributed by atoms with van der Waals surface area (Å²) in [7, 11) is 0. The Labute approximate surface area is 129 Å². The van der Waals surface area contributed by atoms with Crippen molar-refractivity contribution in [3.05, 3.63) is 18.0 Å². The maximum Gasteiger partial charge on any atom is 0.0650 e. The van der Waals surface area contributed by atoms with Crippen LogP contribution in [0.3, 0.4) is 0 Å². The van der Waals surface area contributed by atoms with Gasteiger partial charge in [0.2, 0.25) is 0 Å². The highest BCUT2D eigenvalue weighted by Gasteiger charge is 2.16. The maximum atomic E-state index is 10.2. The Balaban J connectivity index is 1.75. The van der Waals surface area contributed by atoms with Crippen LogP contribution in [0.1, 0.15) is 83.4 Å². The van der Waals surface area contributed by atoms with E-state index in [1.54, 1.807) is 0 Å². The van der Waals surface area contributed by atoms with E-state index in [-0.39, 0.29) is 6.10 Å². The summed E-state index contributed by atoms with van der Waals surface area (Å²) in [6.45, 7) is 4.41. The molecule has 0 saturated heterocycles. The van der Waals surface area contributed by atoms with Crippen LogP contribution in [0.5, 0.6) is 0 Å². The van der Waals surface area contributed by atoms with Gasteiger partial charge in [-0.3, -0.25) is 4.68 Å². The summed E-state index contributed by atoms with van der Waals surface area (Å²) in [4.78, 5) is 0. The molecule has 1 heterocycles. The molecule has 0 bridgehead atoms. The van der Waals surface area contributed by atoms with Crippen LogP contribution >= 0.6 is 0 Å². The zero-order chi connectivity index (χ0) is 15.1. The van der Waals surface area contributed by atoms with Gasteiger partial charge in [-0.1, -0.05) is 46.0 Å². The zero-order valence-electron chi connectivity index (χ0n) is 13.8. The average molecular weight is 292 g/mol. The van der Waals surface area contributed by atoms with Gasteiger partial charge < -0.3 is 5.11 Å². The van der Waals surface area contributed by atoms with E-state index in [2.05, 4.69) is 35.9 Å². The lowest BCUT2D eigenvalue weighted by Gasteiger charge is -2.22. The fourth-order valence-corrected chi connectivity index (χ4v) is 3.60. The minimum absolute atomic E-state index is 0.225. The summed E-state index contributed by atoms with van der Waals surface area (Å²) in [5.74, 6) is 0.857. The Bertz CT molecular complexity index is 392. The van der Waals surface area contributed by atoms with Crippen molar-refractivity contribution >= 4 is 0 Å². The van der Waals surface area contributed by atoms with Gasteiger partial charge in [0.25, 0.3) is 0 Å². The van der Waals surface area contributed by atoms with Gasteiger partial charge in [-0.15, -0.1) is 0 Å². The zero-order valence-corrected chi connectivity index (χ0v) is 13.8. The van der Waals surface area contributed by atoms with Crippen LogP contribution in [0.2, 0.25) is 0 Å². The molecule has 1 atom stereocenters. The molecule has 0 aliphatic heterocycles. The molecule has 0 aromatic carbocycles. The highest BCUT2D eigenvalue weighted by molar-refractivity contribution is 5.01. The Morgan fingerprint density at radius 1 is 1.24 bits per heavy atom. The molecular formula is C18H32N2O. The number of rotatable bonds is 8. The topological polar surface area (TPSA) is 38.0 Å². The molecule has 21 heavy (non-hydrogen) atoms. The average Bonchev–Trinajstić information content (AvgIpc) is 2.96. The molecule has 0 amide bonds. The number of aliphatic hydroxyl groups excluding tert-OH is 1. The van der Waals surface area contributed by atoms with Crippen molar-refractivity contribution in [2.75, 3.05) is 0 Å². The van der Waals surface area contributed by atoms with Crippen molar-refractivity contribution in [1.82, 2.24) is 9.78 Å². The molecule has 1 aliphatic carbocycles. The summed E-state index contributed by atoms with van der Waals surface area (Å²) in [6, 6.07) is 2.57. The summed E-state index contributed by atoms with van der Waals surface area (Å²) >= 11 is 0. The molecule has 1 aromatic heterocycles. The lowest BCUT2D eigenvalue weighted by Crippen LogP contribution is -2.15. The molecule has 1 aromatic rings. The maximum absolute atomic E-state index is 10.2. The Kier molecular flexibility index (Phi) is 6.75. The third-order valence-electron chi connectivity index (χ3n) is 5.06. The molecule has 1 N–H and O–H groups in total. The van der Waals surface area contributed by atoms with Crippen LogP contribution < -0.4 is 0 Å². The van der Waals surface area contributed by atoms with Gasteiger partial charge in [0, 0.05) is 12.6 Å². The Morgan fingerprint density at radius 2 is 1.95 bits per heavy atom. The minimum atomic E-state index is -0.225. The third kappa shape index (κ3) is 5.14. The third-order valence-corrected chi connectivity index (χ3v) is 5.06. The fourth-order valence-electron chi connectivity index (χ4n) is 3.60. The molecule has 1 aliphatic rings. The number of aromatic nitrogens is 2. The van der Waals surface area contributed by atoms with Gasteiger partial charge in [-0.05, 0) is 37.7 Å². The normalized spacial score (nSPS) is 18.3. The van der Waals surface area contributed by atoms with E-state index >= 15 is 0 Å². The summed E-state index contributed by atoms with van der Waals surface area (Å²) < 4.78 is 2.07. The predicted molar refractivity (Wildman–Crippen MR) is 87.4 cm³/mol. The smallest absolute Gasteiger partial charge is 0.0650 e. The number of hydrogen-bond acceptors (Lipinski definition) is 2. The fraction of sp³-hybridized carbons (Fsp3) is 0.833.